The second-order valence-corrected chi connectivity index (χ2v) is 6.59. The second-order valence-electron chi connectivity index (χ2n) is 6.59. The highest BCUT2D eigenvalue weighted by Crippen LogP contribution is 2.37. The fourth-order valence-electron chi connectivity index (χ4n) is 3.23. The van der Waals surface area contributed by atoms with E-state index in [4.69, 9.17) is 4.74 Å². The molecule has 130 valence electrons. The van der Waals surface area contributed by atoms with Gasteiger partial charge in [0.15, 0.2) is 0 Å². The van der Waals surface area contributed by atoms with Crippen LogP contribution in [-0.2, 0) is 16.1 Å². The van der Waals surface area contributed by atoms with Crippen molar-refractivity contribution in [1.82, 2.24) is 4.90 Å². The minimum atomic E-state index is -0.905. The first kappa shape index (κ1) is 18.4. The zero-order valence-electron chi connectivity index (χ0n) is 14.3. The molecule has 5 nitrogen and oxygen atoms in total. The molecular weight excluding hydrogens is 304 g/mol. The van der Waals surface area contributed by atoms with Crippen LogP contribution >= 0.6 is 0 Å². The van der Waals surface area contributed by atoms with Crippen LogP contribution in [0.5, 0.6) is 0 Å². The maximum absolute atomic E-state index is 12.6. The van der Waals surface area contributed by atoms with E-state index in [-0.39, 0.29) is 19.1 Å². The lowest BCUT2D eigenvalue weighted by molar-refractivity contribution is -0.141. The standard InChI is InChI=1S/C19H26N2O3/c1-21(18(23)19(15-20)10-6-3-7-11-19)12-17(22)14-24-13-16-8-4-2-5-9-16/h2,4-5,8-9,17,22H,3,6-7,10-14H2,1H3. The van der Waals surface area contributed by atoms with Crippen LogP contribution in [0.4, 0.5) is 0 Å². The van der Waals surface area contributed by atoms with Crippen molar-refractivity contribution in [3.8, 4) is 6.07 Å². The van der Waals surface area contributed by atoms with Crippen molar-refractivity contribution in [3.63, 3.8) is 0 Å². The van der Waals surface area contributed by atoms with Gasteiger partial charge < -0.3 is 14.7 Å². The molecular formula is C19H26N2O3. The molecule has 1 atom stereocenters. The van der Waals surface area contributed by atoms with Crippen LogP contribution in [-0.4, -0.2) is 42.2 Å². The third kappa shape index (κ3) is 4.80. The van der Waals surface area contributed by atoms with Crippen LogP contribution < -0.4 is 0 Å². The lowest BCUT2D eigenvalue weighted by Crippen LogP contribution is -2.45. The first-order valence-electron chi connectivity index (χ1n) is 8.54. The molecule has 2 rings (SSSR count). The number of ether oxygens (including phenoxy) is 1. The zero-order chi connectivity index (χ0) is 17.4. The van der Waals surface area contributed by atoms with Gasteiger partial charge in [-0.1, -0.05) is 49.6 Å². The Morgan fingerprint density at radius 1 is 1.33 bits per heavy atom. The topological polar surface area (TPSA) is 73.6 Å². The summed E-state index contributed by atoms with van der Waals surface area (Å²) in [5, 5.41) is 19.6. The van der Waals surface area contributed by atoms with Crippen molar-refractivity contribution in [3.05, 3.63) is 35.9 Å². The average molecular weight is 330 g/mol. The summed E-state index contributed by atoms with van der Waals surface area (Å²) in [5.41, 5.74) is 0.136. The summed E-state index contributed by atoms with van der Waals surface area (Å²) >= 11 is 0. The molecule has 1 aliphatic carbocycles. The number of nitriles is 1. The van der Waals surface area contributed by atoms with Crippen LogP contribution in [0, 0.1) is 16.7 Å². The van der Waals surface area contributed by atoms with Crippen molar-refractivity contribution >= 4 is 5.91 Å². The molecule has 0 spiro atoms. The van der Waals surface area contributed by atoms with E-state index in [0.717, 1.165) is 24.8 Å². The summed E-state index contributed by atoms with van der Waals surface area (Å²) in [4.78, 5) is 14.1. The third-order valence-electron chi connectivity index (χ3n) is 4.58. The van der Waals surface area contributed by atoms with E-state index < -0.39 is 11.5 Å². The maximum atomic E-state index is 12.6. The molecule has 1 aromatic carbocycles. The largest absolute Gasteiger partial charge is 0.389 e. The summed E-state index contributed by atoms with van der Waals surface area (Å²) in [6.45, 7) is 0.765. The number of rotatable bonds is 7. The molecule has 0 radical (unpaired) electrons. The highest BCUT2D eigenvalue weighted by atomic mass is 16.5. The predicted molar refractivity (Wildman–Crippen MR) is 90.9 cm³/mol. The number of nitrogens with zero attached hydrogens (tertiary/aromatic N) is 2. The smallest absolute Gasteiger partial charge is 0.242 e. The van der Waals surface area contributed by atoms with E-state index in [1.165, 1.54) is 4.90 Å². The number of likely N-dealkylation sites (N-methyl/N-ethyl adjacent to an activating group) is 1. The molecule has 1 N–H and O–H groups in total. The quantitative estimate of drug-likeness (QED) is 0.833. The molecule has 24 heavy (non-hydrogen) atoms. The van der Waals surface area contributed by atoms with Crippen molar-refractivity contribution in [1.29, 1.82) is 5.26 Å². The molecule has 1 amide bonds. The fraction of sp³-hybridized carbons (Fsp3) is 0.579. The van der Waals surface area contributed by atoms with Gasteiger partial charge >= 0.3 is 0 Å². The molecule has 1 saturated carbocycles. The van der Waals surface area contributed by atoms with E-state index in [9.17, 15) is 15.2 Å². The Morgan fingerprint density at radius 2 is 2.00 bits per heavy atom. The number of carbonyl (C=O) groups excluding carboxylic acids is 1. The molecule has 0 heterocycles. The Morgan fingerprint density at radius 3 is 2.62 bits per heavy atom. The van der Waals surface area contributed by atoms with Gasteiger partial charge in [-0.15, -0.1) is 0 Å². The van der Waals surface area contributed by atoms with Gasteiger partial charge in [0.2, 0.25) is 5.91 Å². The summed E-state index contributed by atoms with van der Waals surface area (Å²) < 4.78 is 5.51. The van der Waals surface area contributed by atoms with Gasteiger partial charge in [0.05, 0.1) is 25.4 Å². The van der Waals surface area contributed by atoms with Crippen LogP contribution in [0.1, 0.15) is 37.7 Å². The molecule has 0 saturated heterocycles. The predicted octanol–water partition coefficient (Wildman–Crippen LogP) is 2.50. The highest BCUT2D eigenvalue weighted by Gasteiger charge is 2.41. The van der Waals surface area contributed by atoms with E-state index in [1.807, 2.05) is 30.3 Å². The number of aliphatic hydroxyl groups excluding tert-OH is 1. The van der Waals surface area contributed by atoms with Crippen LogP contribution in [0.15, 0.2) is 30.3 Å². The minimum Gasteiger partial charge on any atom is -0.389 e. The lowest BCUT2D eigenvalue weighted by Gasteiger charge is -2.33. The van der Waals surface area contributed by atoms with Crippen molar-refractivity contribution in [2.24, 2.45) is 5.41 Å². The molecule has 1 unspecified atom stereocenters. The Kier molecular flexibility index (Phi) is 6.77. The molecule has 0 aromatic heterocycles. The van der Waals surface area contributed by atoms with E-state index in [2.05, 4.69) is 6.07 Å². The Hall–Kier alpha value is -1.90. The van der Waals surface area contributed by atoms with Gasteiger partial charge in [-0.25, -0.2) is 0 Å². The van der Waals surface area contributed by atoms with Gasteiger partial charge in [-0.2, -0.15) is 5.26 Å². The highest BCUT2D eigenvalue weighted by molar-refractivity contribution is 5.85. The normalized spacial score (nSPS) is 17.7. The van der Waals surface area contributed by atoms with Gasteiger partial charge in [0.25, 0.3) is 0 Å². The number of hydrogen-bond acceptors (Lipinski definition) is 4. The van der Waals surface area contributed by atoms with Gasteiger partial charge in [-0.05, 0) is 18.4 Å². The first-order chi connectivity index (χ1) is 11.6. The second kappa shape index (κ2) is 8.81. The number of hydrogen-bond donors (Lipinski definition) is 1. The third-order valence-corrected chi connectivity index (χ3v) is 4.58. The number of carbonyl (C=O) groups is 1. The van der Waals surface area contributed by atoms with Crippen molar-refractivity contribution < 1.29 is 14.6 Å². The Labute approximate surface area is 143 Å². The van der Waals surface area contributed by atoms with Gasteiger partial charge in [0, 0.05) is 13.6 Å². The summed E-state index contributed by atoms with van der Waals surface area (Å²) in [7, 11) is 1.65. The summed E-state index contributed by atoms with van der Waals surface area (Å²) in [6.07, 6.45) is 3.38. The Bertz CT molecular complexity index is 562. The molecule has 0 aliphatic heterocycles. The SMILES string of the molecule is CN(CC(O)COCc1ccccc1)C(=O)C1(C#N)CCCCC1. The Balaban J connectivity index is 1.79. The number of aliphatic hydroxyl groups is 1. The molecule has 1 aliphatic rings. The average Bonchev–Trinajstić information content (AvgIpc) is 2.62. The van der Waals surface area contributed by atoms with Gasteiger partial charge in [-0.3, -0.25) is 4.79 Å². The molecule has 0 bridgehead atoms. The molecule has 5 heteroatoms. The maximum Gasteiger partial charge on any atom is 0.242 e. The summed E-state index contributed by atoms with van der Waals surface area (Å²) in [5.74, 6) is -0.174. The zero-order valence-corrected chi connectivity index (χ0v) is 14.3. The fourth-order valence-corrected chi connectivity index (χ4v) is 3.23. The van der Waals surface area contributed by atoms with Crippen LogP contribution in [0.25, 0.3) is 0 Å². The molecule has 1 fully saturated rings. The summed E-state index contributed by atoms with van der Waals surface area (Å²) in [6, 6.07) is 12.0. The van der Waals surface area contributed by atoms with Gasteiger partial charge in [0.1, 0.15) is 5.41 Å². The lowest BCUT2D eigenvalue weighted by atomic mass is 9.74. The molecule has 1 aromatic rings. The number of benzene rings is 1. The van der Waals surface area contributed by atoms with Crippen molar-refractivity contribution in [2.75, 3.05) is 20.2 Å². The number of amides is 1. The minimum absolute atomic E-state index is 0.159. The van der Waals surface area contributed by atoms with E-state index >= 15 is 0 Å². The van der Waals surface area contributed by atoms with Crippen molar-refractivity contribution in [2.45, 2.75) is 44.8 Å². The van der Waals surface area contributed by atoms with E-state index in [0.29, 0.717) is 19.4 Å². The van der Waals surface area contributed by atoms with E-state index in [1.54, 1.807) is 7.05 Å². The first-order valence-corrected chi connectivity index (χ1v) is 8.54. The van der Waals surface area contributed by atoms with Crippen LogP contribution in [0.3, 0.4) is 0 Å². The monoisotopic (exact) mass is 330 g/mol. The van der Waals surface area contributed by atoms with Crippen LogP contribution in [0.2, 0.25) is 0 Å².